The van der Waals surface area contributed by atoms with Gasteiger partial charge in [0.1, 0.15) is 0 Å². The Bertz CT molecular complexity index is 664. The SMILES string of the molecule is CCCCCCCCCCCCCCCCCCCCCCCC(=O)OCCCCCC.CCCCCCCCCCCCCCCCCCCCCCCCCC. The molecule has 0 aliphatic carbocycles. The topological polar surface area (TPSA) is 26.3 Å². The summed E-state index contributed by atoms with van der Waals surface area (Å²) in [6.45, 7) is 9.72. The second-order valence-corrected chi connectivity index (χ2v) is 18.9. The van der Waals surface area contributed by atoms with E-state index < -0.39 is 0 Å². The van der Waals surface area contributed by atoms with E-state index in [1.165, 1.54) is 302 Å². The van der Waals surface area contributed by atoms with Crippen LogP contribution >= 0.6 is 0 Å². The van der Waals surface area contributed by atoms with Crippen molar-refractivity contribution >= 4 is 5.97 Å². The highest BCUT2D eigenvalue weighted by Gasteiger charge is 2.03. The van der Waals surface area contributed by atoms with Crippen LogP contribution in [0.3, 0.4) is 0 Å². The molecule has 0 aromatic heterocycles. The molecular formula is C56H114O2. The van der Waals surface area contributed by atoms with Gasteiger partial charge in [0.15, 0.2) is 0 Å². The number of carbonyl (C=O) groups excluding carboxylic acids is 1. The largest absolute Gasteiger partial charge is 0.466 e. The summed E-state index contributed by atoms with van der Waals surface area (Å²) in [5.41, 5.74) is 0. The van der Waals surface area contributed by atoms with E-state index in [2.05, 4.69) is 27.7 Å². The highest BCUT2D eigenvalue weighted by molar-refractivity contribution is 5.69. The van der Waals surface area contributed by atoms with Crippen molar-refractivity contribution in [1.82, 2.24) is 0 Å². The van der Waals surface area contributed by atoms with Gasteiger partial charge in [0.2, 0.25) is 0 Å². The molecule has 0 fully saturated rings. The maximum Gasteiger partial charge on any atom is 0.305 e. The lowest BCUT2D eigenvalue weighted by Crippen LogP contribution is -2.05. The molecule has 0 rings (SSSR count). The molecule has 0 bridgehead atoms. The average molecular weight is 820 g/mol. The van der Waals surface area contributed by atoms with E-state index in [0.717, 1.165) is 12.8 Å². The number of carbonyl (C=O) groups is 1. The number of rotatable bonds is 50. The fourth-order valence-electron chi connectivity index (χ4n) is 8.52. The average Bonchev–Trinajstić information content (AvgIpc) is 3.23. The molecule has 0 aliphatic rings. The van der Waals surface area contributed by atoms with Gasteiger partial charge in [-0.25, -0.2) is 0 Å². The molecule has 0 atom stereocenters. The summed E-state index contributed by atoms with van der Waals surface area (Å²) in [4.78, 5) is 11.7. The maximum absolute atomic E-state index is 11.7. The fraction of sp³-hybridized carbons (Fsp3) is 0.982. The minimum atomic E-state index is 0.0132. The van der Waals surface area contributed by atoms with Crippen LogP contribution in [0.15, 0.2) is 0 Å². The molecule has 0 saturated carbocycles. The van der Waals surface area contributed by atoms with Crippen LogP contribution in [0.1, 0.15) is 349 Å². The standard InChI is InChI=1S/C30H60O2.C26H54/c1-3-5-7-9-10-11-12-13-14-15-16-17-18-19-20-21-22-23-24-25-26-28-30(31)32-29-27-8-6-4-2;1-3-5-7-9-11-13-15-17-19-21-23-25-26-24-22-20-18-16-14-12-10-8-6-4-2/h3-29H2,1-2H3;3-26H2,1-2H3. The molecule has 58 heavy (non-hydrogen) atoms. The van der Waals surface area contributed by atoms with Crippen LogP contribution in [0.5, 0.6) is 0 Å². The van der Waals surface area contributed by atoms with Gasteiger partial charge in [-0.15, -0.1) is 0 Å². The fourth-order valence-corrected chi connectivity index (χ4v) is 8.52. The van der Waals surface area contributed by atoms with Crippen LogP contribution in [0.4, 0.5) is 0 Å². The minimum Gasteiger partial charge on any atom is -0.466 e. The summed E-state index contributed by atoms with van der Waals surface area (Å²) in [5, 5.41) is 0. The Kier molecular flexibility index (Phi) is 60.1. The summed E-state index contributed by atoms with van der Waals surface area (Å²) in [5.74, 6) is 0.0132. The van der Waals surface area contributed by atoms with Crippen LogP contribution in [0.25, 0.3) is 0 Å². The molecule has 2 heteroatoms. The first kappa shape index (κ1) is 59.6. The Hall–Kier alpha value is -0.530. The van der Waals surface area contributed by atoms with Gasteiger partial charge in [-0.05, 0) is 12.8 Å². The van der Waals surface area contributed by atoms with Crippen molar-refractivity contribution < 1.29 is 9.53 Å². The lowest BCUT2D eigenvalue weighted by Gasteiger charge is -2.05. The van der Waals surface area contributed by atoms with Crippen LogP contribution in [-0.2, 0) is 9.53 Å². The normalized spacial score (nSPS) is 11.2. The number of esters is 1. The van der Waals surface area contributed by atoms with Crippen LogP contribution in [-0.4, -0.2) is 12.6 Å². The number of hydrogen-bond donors (Lipinski definition) is 0. The second-order valence-electron chi connectivity index (χ2n) is 18.9. The first-order valence-corrected chi connectivity index (χ1v) is 27.9. The van der Waals surface area contributed by atoms with Gasteiger partial charge < -0.3 is 4.74 Å². The molecule has 0 N–H and O–H groups in total. The zero-order chi connectivity index (χ0) is 42.3. The Labute approximate surface area is 369 Å². The molecule has 0 saturated heterocycles. The van der Waals surface area contributed by atoms with Crippen LogP contribution in [0, 0.1) is 0 Å². The molecule has 2 nitrogen and oxygen atoms in total. The van der Waals surface area contributed by atoms with Gasteiger partial charge in [0.25, 0.3) is 0 Å². The van der Waals surface area contributed by atoms with E-state index >= 15 is 0 Å². The van der Waals surface area contributed by atoms with Crippen LogP contribution < -0.4 is 0 Å². The van der Waals surface area contributed by atoms with Gasteiger partial charge >= 0.3 is 5.97 Å². The van der Waals surface area contributed by atoms with Gasteiger partial charge in [-0.3, -0.25) is 4.79 Å². The predicted molar refractivity (Wildman–Crippen MR) is 265 cm³/mol. The van der Waals surface area contributed by atoms with Crippen molar-refractivity contribution in [1.29, 1.82) is 0 Å². The van der Waals surface area contributed by atoms with Crippen molar-refractivity contribution in [2.24, 2.45) is 0 Å². The maximum atomic E-state index is 11.7. The van der Waals surface area contributed by atoms with E-state index in [1.807, 2.05) is 0 Å². The first-order chi connectivity index (χ1) is 28.7. The van der Waals surface area contributed by atoms with Crippen molar-refractivity contribution in [3.05, 3.63) is 0 Å². The van der Waals surface area contributed by atoms with Gasteiger partial charge in [0.05, 0.1) is 6.61 Å². The minimum absolute atomic E-state index is 0.0132. The predicted octanol–water partition coefficient (Wildman–Crippen LogP) is 21.1. The highest BCUT2D eigenvalue weighted by atomic mass is 16.5. The molecule has 0 heterocycles. The summed E-state index contributed by atoms with van der Waals surface area (Å²) in [6.07, 6.45) is 70.0. The lowest BCUT2D eigenvalue weighted by atomic mass is 10.0. The second kappa shape index (κ2) is 58.6. The van der Waals surface area contributed by atoms with Crippen molar-refractivity contribution in [3.63, 3.8) is 0 Å². The van der Waals surface area contributed by atoms with Crippen molar-refractivity contribution in [2.75, 3.05) is 6.61 Å². The van der Waals surface area contributed by atoms with E-state index in [0.29, 0.717) is 13.0 Å². The number of ether oxygens (including phenoxy) is 1. The highest BCUT2D eigenvalue weighted by Crippen LogP contribution is 2.17. The Morgan fingerprint density at radius 2 is 0.379 bits per heavy atom. The zero-order valence-electron chi connectivity index (χ0n) is 41.4. The molecule has 0 unspecified atom stereocenters. The Morgan fingerprint density at radius 3 is 0.569 bits per heavy atom. The molecule has 350 valence electrons. The third-order valence-electron chi connectivity index (χ3n) is 12.7. The molecule has 0 aromatic carbocycles. The molecule has 0 amide bonds. The monoisotopic (exact) mass is 819 g/mol. The van der Waals surface area contributed by atoms with E-state index in [9.17, 15) is 4.79 Å². The Balaban J connectivity index is 0. The number of hydrogen-bond acceptors (Lipinski definition) is 2. The molecular weight excluding hydrogens is 705 g/mol. The van der Waals surface area contributed by atoms with Gasteiger partial charge in [0, 0.05) is 6.42 Å². The summed E-state index contributed by atoms with van der Waals surface area (Å²) in [7, 11) is 0. The van der Waals surface area contributed by atoms with Crippen molar-refractivity contribution in [3.8, 4) is 0 Å². The van der Waals surface area contributed by atoms with E-state index in [1.54, 1.807) is 0 Å². The number of unbranched alkanes of at least 4 members (excludes halogenated alkanes) is 46. The summed E-state index contributed by atoms with van der Waals surface area (Å²) < 4.78 is 5.29. The molecule has 0 spiro atoms. The molecule has 0 aliphatic heterocycles. The van der Waals surface area contributed by atoms with E-state index in [4.69, 9.17) is 4.74 Å². The van der Waals surface area contributed by atoms with Gasteiger partial charge in [-0.2, -0.15) is 0 Å². The van der Waals surface area contributed by atoms with Crippen molar-refractivity contribution in [2.45, 2.75) is 349 Å². The third-order valence-corrected chi connectivity index (χ3v) is 12.7. The lowest BCUT2D eigenvalue weighted by molar-refractivity contribution is -0.143. The van der Waals surface area contributed by atoms with E-state index in [-0.39, 0.29) is 5.97 Å². The summed E-state index contributed by atoms with van der Waals surface area (Å²) in [6, 6.07) is 0. The molecule has 0 radical (unpaired) electrons. The quantitative estimate of drug-likeness (QED) is 0.0451. The summed E-state index contributed by atoms with van der Waals surface area (Å²) >= 11 is 0. The van der Waals surface area contributed by atoms with Gasteiger partial charge in [-0.1, -0.05) is 329 Å². The smallest absolute Gasteiger partial charge is 0.305 e. The zero-order valence-corrected chi connectivity index (χ0v) is 41.4. The van der Waals surface area contributed by atoms with Crippen LogP contribution in [0.2, 0.25) is 0 Å². The third kappa shape index (κ3) is 59.8. The molecule has 0 aromatic rings. The Morgan fingerprint density at radius 1 is 0.224 bits per heavy atom. The first-order valence-electron chi connectivity index (χ1n) is 27.9.